The topological polar surface area (TPSA) is 118 Å². The molecule has 1 aliphatic heterocycles. The Morgan fingerprint density at radius 2 is 1.97 bits per heavy atom. The van der Waals surface area contributed by atoms with Gasteiger partial charge in [-0.25, -0.2) is 9.18 Å². The first-order valence-electron chi connectivity index (χ1n) is 10.2. The summed E-state index contributed by atoms with van der Waals surface area (Å²) in [6, 6.07) is 7.00. The van der Waals surface area contributed by atoms with Crippen LogP contribution in [-0.4, -0.2) is 47.0 Å². The van der Waals surface area contributed by atoms with Crippen molar-refractivity contribution in [2.24, 2.45) is 11.1 Å². The summed E-state index contributed by atoms with van der Waals surface area (Å²) in [6.07, 6.45) is 3.17. The van der Waals surface area contributed by atoms with E-state index in [1.807, 2.05) is 4.90 Å². The van der Waals surface area contributed by atoms with Crippen LogP contribution in [0.2, 0.25) is 0 Å². The van der Waals surface area contributed by atoms with Crippen LogP contribution in [0.1, 0.15) is 23.2 Å². The van der Waals surface area contributed by atoms with E-state index >= 15 is 4.39 Å². The quantitative estimate of drug-likeness (QED) is 0.572. The number of fused-ring (bicyclic) bond motifs is 1. The molecule has 0 bridgehead atoms. The molecule has 3 aromatic rings. The van der Waals surface area contributed by atoms with E-state index in [9.17, 15) is 19.8 Å². The lowest BCUT2D eigenvalue weighted by atomic mass is 10.0. The van der Waals surface area contributed by atoms with E-state index in [1.165, 1.54) is 30.0 Å². The van der Waals surface area contributed by atoms with Crippen LogP contribution in [0.3, 0.4) is 0 Å². The highest BCUT2D eigenvalue weighted by Gasteiger charge is 2.54. The normalized spacial score (nSPS) is 19.0. The Hall–Kier alpha value is -3.59. The Bertz CT molecular complexity index is 1310. The largest absolute Gasteiger partial charge is 0.508 e. The Kier molecular flexibility index (Phi) is 4.42. The van der Waals surface area contributed by atoms with Gasteiger partial charge >= 0.3 is 5.97 Å². The summed E-state index contributed by atoms with van der Waals surface area (Å²) in [7, 11) is 1.39. The number of benzene rings is 2. The molecule has 166 valence electrons. The van der Waals surface area contributed by atoms with Crippen molar-refractivity contribution in [3.63, 3.8) is 0 Å². The number of ether oxygens (including phenoxy) is 1. The lowest BCUT2D eigenvalue weighted by Gasteiger charge is -2.24. The third-order valence-corrected chi connectivity index (χ3v) is 6.65. The molecule has 8 nitrogen and oxygen atoms in total. The highest BCUT2D eigenvalue weighted by molar-refractivity contribution is 5.98. The van der Waals surface area contributed by atoms with Crippen LogP contribution in [0.15, 0.2) is 41.3 Å². The highest BCUT2D eigenvalue weighted by atomic mass is 19.1. The molecule has 4 N–H and O–H groups in total. The van der Waals surface area contributed by atoms with Crippen LogP contribution in [0.4, 0.5) is 10.1 Å². The summed E-state index contributed by atoms with van der Waals surface area (Å²) < 4.78 is 22.5. The molecule has 1 unspecified atom stereocenters. The Balaban J connectivity index is 1.83. The van der Waals surface area contributed by atoms with Crippen LogP contribution in [0.25, 0.3) is 16.6 Å². The van der Waals surface area contributed by atoms with Crippen molar-refractivity contribution in [1.29, 1.82) is 0 Å². The Labute approximate surface area is 182 Å². The number of aromatic hydroxyl groups is 1. The van der Waals surface area contributed by atoms with Crippen molar-refractivity contribution in [3.05, 3.63) is 58.1 Å². The van der Waals surface area contributed by atoms with E-state index in [2.05, 4.69) is 0 Å². The molecule has 5 rings (SSSR count). The number of hydrogen-bond acceptors (Lipinski definition) is 6. The fraction of sp³-hybridized carbons (Fsp3) is 0.304. The van der Waals surface area contributed by atoms with Crippen molar-refractivity contribution in [3.8, 4) is 17.2 Å². The minimum absolute atomic E-state index is 0.0177. The number of carboxylic acid groups (broad SMARTS) is 1. The molecule has 1 saturated carbocycles. The maximum Gasteiger partial charge on any atom is 0.341 e. The summed E-state index contributed by atoms with van der Waals surface area (Å²) >= 11 is 0. The first kappa shape index (κ1) is 20.3. The maximum absolute atomic E-state index is 15.4. The first-order valence-corrected chi connectivity index (χ1v) is 10.2. The van der Waals surface area contributed by atoms with E-state index in [4.69, 9.17) is 10.5 Å². The first-order chi connectivity index (χ1) is 15.3. The third kappa shape index (κ3) is 2.92. The van der Waals surface area contributed by atoms with E-state index in [-0.39, 0.29) is 39.5 Å². The van der Waals surface area contributed by atoms with Crippen molar-refractivity contribution < 1.29 is 24.1 Å². The standard InChI is InChI=1S/C23H22FN3O5/c1-32-21-18-14(8-16(24)19(21)26-10-17(25)23(11-26)6-7-23)20(29)15(22(30)31)9-27(18)12-2-4-13(28)5-3-12/h2-5,8-9,17,28H,6-7,10-11,25H2,1H3,(H,30,31). The number of phenols is 1. The second-order valence-corrected chi connectivity index (χ2v) is 8.55. The van der Waals surface area contributed by atoms with Crippen molar-refractivity contribution in [1.82, 2.24) is 4.57 Å². The van der Waals surface area contributed by atoms with Gasteiger partial charge in [-0.3, -0.25) is 4.79 Å². The molecule has 32 heavy (non-hydrogen) atoms. The number of aromatic carboxylic acids is 1. The summed E-state index contributed by atoms with van der Waals surface area (Å²) in [5, 5.41) is 19.1. The molecule has 2 fully saturated rings. The van der Waals surface area contributed by atoms with E-state index in [0.29, 0.717) is 18.8 Å². The van der Waals surface area contributed by atoms with Crippen LogP contribution in [0, 0.1) is 11.2 Å². The molecule has 2 heterocycles. The van der Waals surface area contributed by atoms with Gasteiger partial charge < -0.3 is 30.2 Å². The summed E-state index contributed by atoms with van der Waals surface area (Å²) in [5.41, 5.74) is 5.92. The number of hydrogen-bond donors (Lipinski definition) is 3. The maximum atomic E-state index is 15.4. The molecule has 0 radical (unpaired) electrons. The molecular formula is C23H22FN3O5. The smallest absolute Gasteiger partial charge is 0.341 e. The Morgan fingerprint density at radius 1 is 1.28 bits per heavy atom. The zero-order valence-electron chi connectivity index (χ0n) is 17.3. The number of rotatable bonds is 4. The number of phenolic OH excluding ortho intramolecular Hbond substituents is 1. The molecule has 1 spiro atoms. The van der Waals surface area contributed by atoms with Gasteiger partial charge in [-0.1, -0.05) is 0 Å². The number of methoxy groups -OCH3 is 1. The monoisotopic (exact) mass is 439 g/mol. The van der Waals surface area contributed by atoms with Crippen LogP contribution >= 0.6 is 0 Å². The fourth-order valence-corrected chi connectivity index (χ4v) is 4.73. The lowest BCUT2D eigenvalue weighted by Crippen LogP contribution is -2.30. The predicted octanol–water partition coefficient (Wildman–Crippen LogP) is 2.47. The minimum Gasteiger partial charge on any atom is -0.508 e. The molecule has 9 heteroatoms. The SMILES string of the molecule is COc1c(N2CC(N)C3(CC3)C2)c(F)cc2c(=O)c(C(=O)O)cn(-c3ccc(O)cc3)c12. The molecule has 1 aliphatic carbocycles. The Morgan fingerprint density at radius 3 is 2.53 bits per heavy atom. The van der Waals surface area contributed by atoms with Gasteiger partial charge in [-0.2, -0.15) is 0 Å². The van der Waals surface area contributed by atoms with Gasteiger partial charge in [0, 0.05) is 36.4 Å². The van der Waals surface area contributed by atoms with Gasteiger partial charge in [-0.05, 0) is 43.2 Å². The van der Waals surface area contributed by atoms with Gasteiger partial charge in [0.1, 0.15) is 22.5 Å². The van der Waals surface area contributed by atoms with Crippen LogP contribution in [0.5, 0.6) is 11.5 Å². The number of aromatic nitrogens is 1. The second kappa shape index (κ2) is 6.96. The molecular weight excluding hydrogens is 417 g/mol. The fourth-order valence-electron chi connectivity index (χ4n) is 4.73. The molecule has 1 aromatic heterocycles. The number of nitrogens with two attached hydrogens (primary N) is 1. The van der Waals surface area contributed by atoms with Gasteiger partial charge in [0.25, 0.3) is 0 Å². The predicted molar refractivity (Wildman–Crippen MR) is 117 cm³/mol. The van der Waals surface area contributed by atoms with Crippen molar-refractivity contribution >= 4 is 22.6 Å². The van der Waals surface area contributed by atoms with Crippen molar-refractivity contribution in [2.45, 2.75) is 18.9 Å². The van der Waals surface area contributed by atoms with Gasteiger partial charge in [0.05, 0.1) is 12.5 Å². The summed E-state index contributed by atoms with van der Waals surface area (Å²) in [5.74, 6) is -1.94. The lowest BCUT2D eigenvalue weighted by molar-refractivity contribution is 0.0695. The number of anilines is 1. The zero-order chi connectivity index (χ0) is 22.8. The zero-order valence-corrected chi connectivity index (χ0v) is 17.3. The van der Waals surface area contributed by atoms with E-state index < -0.39 is 22.8 Å². The second-order valence-electron chi connectivity index (χ2n) is 8.55. The van der Waals surface area contributed by atoms with Gasteiger partial charge in [-0.15, -0.1) is 0 Å². The number of carboxylic acids is 1. The van der Waals surface area contributed by atoms with Gasteiger partial charge in [0.2, 0.25) is 5.43 Å². The van der Waals surface area contributed by atoms with Crippen LogP contribution < -0.4 is 20.8 Å². The average molecular weight is 439 g/mol. The third-order valence-electron chi connectivity index (χ3n) is 6.65. The summed E-state index contributed by atoms with van der Waals surface area (Å²) in [4.78, 5) is 26.5. The molecule has 2 aromatic carbocycles. The van der Waals surface area contributed by atoms with E-state index in [1.54, 1.807) is 12.1 Å². The highest BCUT2D eigenvalue weighted by Crippen LogP contribution is 2.54. The van der Waals surface area contributed by atoms with Crippen molar-refractivity contribution in [2.75, 3.05) is 25.1 Å². The molecule has 2 aliphatic rings. The van der Waals surface area contributed by atoms with Crippen LogP contribution in [-0.2, 0) is 0 Å². The molecule has 1 saturated heterocycles. The number of nitrogens with zero attached hydrogens (tertiary/aromatic N) is 2. The summed E-state index contributed by atoms with van der Waals surface area (Å²) in [6.45, 7) is 1.04. The number of pyridine rings is 1. The van der Waals surface area contributed by atoms with E-state index in [0.717, 1.165) is 18.9 Å². The average Bonchev–Trinajstić information content (AvgIpc) is 3.47. The minimum atomic E-state index is -1.42. The number of carbonyl (C=O) groups is 1. The number of halogens is 1. The van der Waals surface area contributed by atoms with Gasteiger partial charge in [0.15, 0.2) is 11.6 Å². The molecule has 0 amide bonds. The molecule has 1 atom stereocenters.